The number of rotatable bonds is 5. The Morgan fingerprint density at radius 2 is 2.12 bits per heavy atom. The largest absolute Gasteiger partial charge is 0.355 e. The van der Waals surface area contributed by atoms with E-state index in [-0.39, 0.29) is 29.7 Å². The Morgan fingerprint density at radius 3 is 2.88 bits per heavy atom. The van der Waals surface area contributed by atoms with Crippen LogP contribution in [0.3, 0.4) is 0 Å². The predicted molar refractivity (Wildman–Crippen MR) is 128 cm³/mol. The number of nitrogens with one attached hydrogen (secondary N) is 2. The molecular formula is C23H31N9O2. The van der Waals surface area contributed by atoms with Gasteiger partial charge < -0.3 is 25.8 Å². The van der Waals surface area contributed by atoms with Crippen LogP contribution in [0.5, 0.6) is 0 Å². The molecule has 2 amide bonds. The minimum absolute atomic E-state index is 0.175. The molecule has 0 bridgehead atoms. The number of nitrogens with zero attached hydrogens (tertiary/aromatic N) is 6. The highest BCUT2D eigenvalue weighted by Crippen LogP contribution is 2.33. The second kappa shape index (κ2) is 9.05. The van der Waals surface area contributed by atoms with E-state index >= 15 is 0 Å². The van der Waals surface area contributed by atoms with Crippen LogP contribution in [0.4, 0.5) is 11.6 Å². The van der Waals surface area contributed by atoms with E-state index in [1.54, 1.807) is 11.4 Å². The molecular weight excluding hydrogens is 434 g/mol. The number of aromatic amines is 1. The van der Waals surface area contributed by atoms with Gasteiger partial charge >= 0.3 is 0 Å². The molecule has 2 atom stereocenters. The molecule has 3 aromatic rings. The van der Waals surface area contributed by atoms with Crippen molar-refractivity contribution in [1.82, 2.24) is 29.5 Å². The summed E-state index contributed by atoms with van der Waals surface area (Å²) < 4.78 is 1.80. The molecule has 11 heteroatoms. The highest BCUT2D eigenvalue weighted by atomic mass is 16.2. The molecule has 3 aromatic heterocycles. The lowest BCUT2D eigenvalue weighted by molar-refractivity contribution is -0.115. The van der Waals surface area contributed by atoms with Crippen molar-refractivity contribution in [1.29, 1.82) is 0 Å². The van der Waals surface area contributed by atoms with Crippen molar-refractivity contribution in [3.05, 3.63) is 35.5 Å². The molecule has 0 saturated carbocycles. The van der Waals surface area contributed by atoms with E-state index in [0.29, 0.717) is 18.7 Å². The van der Waals surface area contributed by atoms with Gasteiger partial charge in [0.05, 0.1) is 18.1 Å². The van der Waals surface area contributed by atoms with E-state index in [4.69, 9.17) is 15.8 Å². The molecule has 5 rings (SSSR count). The zero-order chi connectivity index (χ0) is 23.8. The minimum atomic E-state index is -0.193. The highest BCUT2D eigenvalue weighted by molar-refractivity contribution is 6.01. The summed E-state index contributed by atoms with van der Waals surface area (Å²) >= 11 is 0. The maximum atomic E-state index is 13.5. The van der Waals surface area contributed by atoms with Gasteiger partial charge in [-0.1, -0.05) is 6.92 Å². The fourth-order valence-corrected chi connectivity index (χ4v) is 4.88. The number of nitrogens with two attached hydrogens (primary N) is 1. The van der Waals surface area contributed by atoms with Crippen LogP contribution >= 0.6 is 0 Å². The maximum Gasteiger partial charge on any atom is 0.274 e. The molecule has 2 fully saturated rings. The first-order chi connectivity index (χ1) is 16.4. The summed E-state index contributed by atoms with van der Waals surface area (Å²) in [5.74, 6) is 0.827. The number of hydrogen-bond acceptors (Lipinski definition) is 7. The van der Waals surface area contributed by atoms with E-state index in [1.165, 1.54) is 6.33 Å². The van der Waals surface area contributed by atoms with Gasteiger partial charge in [0.2, 0.25) is 5.91 Å². The topological polar surface area (TPSA) is 138 Å². The van der Waals surface area contributed by atoms with Crippen molar-refractivity contribution >= 4 is 29.1 Å². The number of H-pyrrole nitrogens is 1. The number of hydrogen-bond donors (Lipinski definition) is 3. The molecule has 4 N–H and O–H groups in total. The van der Waals surface area contributed by atoms with Crippen molar-refractivity contribution in [2.45, 2.75) is 58.0 Å². The van der Waals surface area contributed by atoms with Crippen LogP contribution in [0.15, 0.2) is 18.6 Å². The van der Waals surface area contributed by atoms with Crippen LogP contribution < -0.4 is 16.0 Å². The number of aromatic nitrogens is 5. The fraction of sp³-hybridized carbons (Fsp3) is 0.522. The molecule has 0 radical (unpaired) electrons. The van der Waals surface area contributed by atoms with Crippen LogP contribution in [-0.2, 0) is 4.79 Å². The number of likely N-dealkylation sites (tertiary alicyclic amines) is 1. The van der Waals surface area contributed by atoms with E-state index in [2.05, 4.69) is 20.2 Å². The van der Waals surface area contributed by atoms with Gasteiger partial charge in [-0.25, -0.2) is 14.5 Å². The number of aryl methyl sites for hydroxylation is 1. The van der Waals surface area contributed by atoms with Crippen molar-refractivity contribution in [2.75, 3.05) is 29.9 Å². The summed E-state index contributed by atoms with van der Waals surface area (Å²) in [7, 11) is 0. The Kier molecular flexibility index (Phi) is 5.94. The third-order valence-corrected chi connectivity index (χ3v) is 6.69. The Balaban J connectivity index is 1.44. The van der Waals surface area contributed by atoms with Crippen molar-refractivity contribution in [3.8, 4) is 0 Å². The summed E-state index contributed by atoms with van der Waals surface area (Å²) in [6.07, 6.45) is 7.43. The normalized spacial score (nSPS) is 20.8. The van der Waals surface area contributed by atoms with Gasteiger partial charge in [-0.15, -0.1) is 0 Å². The van der Waals surface area contributed by atoms with Crippen LogP contribution in [0.1, 0.15) is 66.8 Å². The van der Waals surface area contributed by atoms with Gasteiger partial charge in [0.1, 0.15) is 11.5 Å². The van der Waals surface area contributed by atoms with Gasteiger partial charge in [-0.2, -0.15) is 5.10 Å². The molecule has 0 aromatic carbocycles. The van der Waals surface area contributed by atoms with E-state index in [1.807, 2.05) is 24.1 Å². The van der Waals surface area contributed by atoms with Crippen LogP contribution in [0.2, 0.25) is 0 Å². The van der Waals surface area contributed by atoms with E-state index in [9.17, 15) is 9.59 Å². The quantitative estimate of drug-likeness (QED) is 0.524. The van der Waals surface area contributed by atoms with E-state index < -0.39 is 0 Å². The summed E-state index contributed by atoms with van der Waals surface area (Å²) in [6, 6.07) is 1.97. The summed E-state index contributed by atoms with van der Waals surface area (Å²) in [4.78, 5) is 41.4. The third kappa shape index (κ3) is 4.11. The van der Waals surface area contributed by atoms with E-state index in [0.717, 1.165) is 61.5 Å². The standard InChI is InChI=1S/C23H31N9O2/c1-3-19(33)28-21-20(25-13-26-21)23(34)31-8-5-4-6-17(31)16-10-18-27-22(14(2)11-32(18)29-16)30-9-7-15(24)12-30/h10-11,13,15,17H,3-9,12,24H2,1-2H3,(H,25,26)(H,28,33)/t15-,17-/m0/s1. The Labute approximate surface area is 197 Å². The van der Waals surface area contributed by atoms with Crippen molar-refractivity contribution in [2.24, 2.45) is 5.73 Å². The van der Waals surface area contributed by atoms with Gasteiger partial charge in [0, 0.05) is 49.9 Å². The molecule has 2 aliphatic heterocycles. The molecule has 0 aliphatic carbocycles. The van der Waals surface area contributed by atoms with Crippen molar-refractivity contribution < 1.29 is 9.59 Å². The zero-order valence-electron chi connectivity index (χ0n) is 19.6. The lowest BCUT2D eigenvalue weighted by Crippen LogP contribution is -2.39. The number of carbonyl (C=O) groups is 2. The smallest absolute Gasteiger partial charge is 0.274 e. The van der Waals surface area contributed by atoms with Crippen LogP contribution in [0, 0.1) is 6.92 Å². The number of fused-ring (bicyclic) bond motifs is 1. The molecule has 34 heavy (non-hydrogen) atoms. The minimum Gasteiger partial charge on any atom is -0.355 e. The second-order valence-electron chi connectivity index (χ2n) is 9.15. The second-order valence-corrected chi connectivity index (χ2v) is 9.15. The lowest BCUT2D eigenvalue weighted by atomic mass is 9.99. The average Bonchev–Trinajstić information content (AvgIpc) is 3.57. The first-order valence-electron chi connectivity index (χ1n) is 12.0. The summed E-state index contributed by atoms with van der Waals surface area (Å²) in [5, 5.41) is 7.51. The summed E-state index contributed by atoms with van der Waals surface area (Å²) in [5.41, 5.74) is 9.00. The number of carbonyl (C=O) groups excluding carboxylic acids is 2. The van der Waals surface area contributed by atoms with Gasteiger partial charge in [-0.3, -0.25) is 9.59 Å². The SMILES string of the molecule is CCC(=O)Nc1nc[nH]c1C(=O)N1CCCC[C@H]1c1cc2nc(N3CC[C@H](N)C3)c(C)cn2n1. The Hall–Kier alpha value is -3.47. The molecule has 180 valence electrons. The first kappa shape index (κ1) is 22.3. The monoisotopic (exact) mass is 465 g/mol. The first-order valence-corrected chi connectivity index (χ1v) is 12.0. The maximum absolute atomic E-state index is 13.5. The van der Waals surface area contributed by atoms with Gasteiger partial charge in [-0.05, 0) is 32.6 Å². The lowest BCUT2D eigenvalue weighted by Gasteiger charge is -2.34. The van der Waals surface area contributed by atoms with Crippen LogP contribution in [0.25, 0.3) is 5.65 Å². The highest BCUT2D eigenvalue weighted by Gasteiger charge is 2.33. The fourth-order valence-electron chi connectivity index (χ4n) is 4.88. The summed E-state index contributed by atoms with van der Waals surface area (Å²) in [6.45, 7) is 6.11. The predicted octanol–water partition coefficient (Wildman–Crippen LogP) is 2.01. The number of imidazole rings is 1. The Bertz CT molecular complexity index is 1220. The van der Waals surface area contributed by atoms with Gasteiger partial charge in [0.15, 0.2) is 11.5 Å². The van der Waals surface area contributed by atoms with Gasteiger partial charge in [0.25, 0.3) is 5.91 Å². The van der Waals surface area contributed by atoms with Crippen LogP contribution in [-0.4, -0.2) is 67.0 Å². The molecule has 0 unspecified atom stereocenters. The molecule has 0 spiro atoms. The molecule has 2 aliphatic rings. The average molecular weight is 466 g/mol. The number of anilines is 2. The molecule has 11 nitrogen and oxygen atoms in total. The third-order valence-electron chi connectivity index (χ3n) is 6.69. The number of amides is 2. The van der Waals surface area contributed by atoms with Crippen molar-refractivity contribution in [3.63, 3.8) is 0 Å². The number of piperidine rings is 1. The Morgan fingerprint density at radius 1 is 1.26 bits per heavy atom. The zero-order valence-corrected chi connectivity index (χ0v) is 19.6. The molecule has 5 heterocycles. The molecule has 2 saturated heterocycles.